The third kappa shape index (κ3) is 4.83. The molecule has 1 unspecified atom stereocenters. The van der Waals surface area contributed by atoms with Gasteiger partial charge in [-0.3, -0.25) is 34.2 Å². The molecule has 3 rings (SSSR count). The number of hydrogen-bond acceptors (Lipinski definition) is 8. The molecule has 1 fully saturated rings. The highest BCUT2D eigenvalue weighted by atomic mass is 32.2. The van der Waals surface area contributed by atoms with Crippen LogP contribution in [0.25, 0.3) is 0 Å². The molecule has 2 aliphatic heterocycles. The number of carbonyl (C=O) groups excluding carboxylic acids is 5. The first-order valence-electron chi connectivity index (χ1n) is 9.08. The summed E-state index contributed by atoms with van der Waals surface area (Å²) < 4.78 is 10.9. The summed E-state index contributed by atoms with van der Waals surface area (Å²) in [5.41, 5.74) is 0.362. The van der Waals surface area contributed by atoms with Gasteiger partial charge in [0, 0.05) is 19.1 Å². The minimum atomic E-state index is -0.995. The van der Waals surface area contributed by atoms with E-state index in [0.29, 0.717) is 24.7 Å². The van der Waals surface area contributed by atoms with E-state index >= 15 is 0 Å². The lowest BCUT2D eigenvalue weighted by Gasteiger charge is -2.27. The first-order chi connectivity index (χ1) is 13.9. The molecule has 0 bridgehead atoms. The van der Waals surface area contributed by atoms with E-state index in [-0.39, 0.29) is 35.7 Å². The summed E-state index contributed by atoms with van der Waals surface area (Å²) in [6.45, 7) is 2.47. The molecule has 1 N–H and O–H groups in total. The number of fused-ring (bicyclic) bond motifs is 1. The summed E-state index contributed by atoms with van der Waals surface area (Å²) in [5.74, 6) is -1.23. The second-order valence-electron chi connectivity index (χ2n) is 6.46. The van der Waals surface area contributed by atoms with Crippen LogP contribution in [0.4, 0.5) is 0 Å². The van der Waals surface area contributed by atoms with Crippen molar-refractivity contribution in [2.75, 3.05) is 25.6 Å². The van der Waals surface area contributed by atoms with E-state index in [4.69, 9.17) is 9.47 Å². The molecule has 0 spiro atoms. The molecule has 2 aliphatic rings. The Morgan fingerprint density at radius 3 is 2.62 bits per heavy atom. The van der Waals surface area contributed by atoms with Gasteiger partial charge in [0.05, 0.1) is 24.3 Å². The minimum absolute atomic E-state index is 0.0357. The molecule has 1 saturated heterocycles. The average Bonchev–Trinajstić information content (AvgIpc) is 2.91. The second kappa shape index (κ2) is 9.19. The number of carbonyl (C=O) groups is 5. The normalized spacial score (nSPS) is 18.7. The lowest BCUT2D eigenvalue weighted by Crippen LogP contribution is -2.54. The van der Waals surface area contributed by atoms with Crippen LogP contribution in [0, 0.1) is 0 Å². The number of piperidine rings is 1. The van der Waals surface area contributed by atoms with Crippen molar-refractivity contribution in [1.29, 1.82) is 0 Å². The van der Waals surface area contributed by atoms with Gasteiger partial charge in [-0.15, -0.1) is 0 Å². The summed E-state index contributed by atoms with van der Waals surface area (Å²) in [6.07, 6.45) is 0.182. The lowest BCUT2D eigenvalue weighted by atomic mass is 10.0. The maximum atomic E-state index is 12.7. The standard InChI is InChI=1S/C19H20N2O7S/c1-11(22)29-9-8-27-6-7-28-12-2-3-13-14(10-12)19(26)21(18(13)25)15-4-5-16(23)20-17(15)24/h2-3,10,15H,4-9H2,1H3,(H,20,23,24). The highest BCUT2D eigenvalue weighted by Crippen LogP contribution is 2.30. The van der Waals surface area contributed by atoms with E-state index in [1.807, 2.05) is 0 Å². The highest BCUT2D eigenvalue weighted by Gasteiger charge is 2.44. The van der Waals surface area contributed by atoms with Crippen LogP contribution in [0.15, 0.2) is 18.2 Å². The molecule has 1 aromatic carbocycles. The number of imide groups is 2. The minimum Gasteiger partial charge on any atom is -0.491 e. The molecule has 0 aliphatic carbocycles. The van der Waals surface area contributed by atoms with Gasteiger partial charge in [-0.2, -0.15) is 0 Å². The third-order valence-corrected chi connectivity index (χ3v) is 5.22. The molecular formula is C19H20N2O7S. The Morgan fingerprint density at radius 2 is 1.90 bits per heavy atom. The van der Waals surface area contributed by atoms with Crippen LogP contribution in [0.2, 0.25) is 0 Å². The highest BCUT2D eigenvalue weighted by molar-refractivity contribution is 8.13. The SMILES string of the molecule is CC(=O)SCCOCCOc1ccc2c(c1)C(=O)N(C1CCC(=O)NC1=O)C2=O. The van der Waals surface area contributed by atoms with Crippen molar-refractivity contribution >= 4 is 40.5 Å². The van der Waals surface area contributed by atoms with Gasteiger partial charge >= 0.3 is 0 Å². The number of hydrogen-bond donors (Lipinski definition) is 1. The zero-order chi connectivity index (χ0) is 21.0. The first kappa shape index (κ1) is 21.0. The zero-order valence-electron chi connectivity index (χ0n) is 15.8. The molecule has 4 amide bonds. The van der Waals surface area contributed by atoms with E-state index in [1.54, 1.807) is 6.07 Å². The van der Waals surface area contributed by atoms with Crippen molar-refractivity contribution in [3.63, 3.8) is 0 Å². The maximum absolute atomic E-state index is 12.7. The Labute approximate surface area is 171 Å². The smallest absolute Gasteiger partial charge is 0.262 e. The molecule has 10 heteroatoms. The van der Waals surface area contributed by atoms with Gasteiger partial charge in [0.1, 0.15) is 18.4 Å². The van der Waals surface area contributed by atoms with E-state index in [9.17, 15) is 24.0 Å². The summed E-state index contributed by atoms with van der Waals surface area (Å²) >= 11 is 1.19. The van der Waals surface area contributed by atoms with Gasteiger partial charge < -0.3 is 9.47 Å². The predicted molar refractivity (Wildman–Crippen MR) is 103 cm³/mol. The summed E-state index contributed by atoms with van der Waals surface area (Å²) in [5, 5.41) is 2.19. The Hall–Kier alpha value is -2.72. The molecule has 29 heavy (non-hydrogen) atoms. The van der Waals surface area contributed by atoms with E-state index in [0.717, 1.165) is 4.90 Å². The molecule has 0 radical (unpaired) electrons. The molecule has 0 aromatic heterocycles. The average molecular weight is 420 g/mol. The summed E-state index contributed by atoms with van der Waals surface area (Å²) in [4.78, 5) is 60.4. The molecule has 0 saturated carbocycles. The zero-order valence-corrected chi connectivity index (χ0v) is 16.6. The summed E-state index contributed by atoms with van der Waals surface area (Å²) in [6, 6.07) is 3.53. The Kier molecular flexibility index (Phi) is 6.65. The molecule has 154 valence electrons. The van der Waals surface area contributed by atoms with Crippen LogP contribution in [0.3, 0.4) is 0 Å². The topological polar surface area (TPSA) is 119 Å². The fourth-order valence-corrected chi connectivity index (χ4v) is 3.59. The fourth-order valence-electron chi connectivity index (χ4n) is 3.10. The van der Waals surface area contributed by atoms with Gasteiger partial charge in [0.25, 0.3) is 11.8 Å². The Morgan fingerprint density at radius 1 is 1.14 bits per heavy atom. The van der Waals surface area contributed by atoms with Crippen molar-refractivity contribution in [2.45, 2.75) is 25.8 Å². The van der Waals surface area contributed by atoms with Gasteiger partial charge in [-0.25, -0.2) is 0 Å². The Balaban J connectivity index is 1.57. The lowest BCUT2D eigenvalue weighted by molar-refractivity contribution is -0.136. The monoisotopic (exact) mass is 420 g/mol. The number of amides is 4. The second-order valence-corrected chi connectivity index (χ2v) is 7.73. The molecular weight excluding hydrogens is 400 g/mol. The van der Waals surface area contributed by atoms with Gasteiger partial charge in [0.2, 0.25) is 11.8 Å². The summed E-state index contributed by atoms with van der Waals surface area (Å²) in [7, 11) is 0. The number of nitrogens with zero attached hydrogens (tertiary/aromatic N) is 1. The van der Waals surface area contributed by atoms with Crippen LogP contribution in [-0.2, 0) is 19.1 Å². The van der Waals surface area contributed by atoms with E-state index in [2.05, 4.69) is 5.32 Å². The first-order valence-corrected chi connectivity index (χ1v) is 10.1. The van der Waals surface area contributed by atoms with Crippen LogP contribution in [0.1, 0.15) is 40.5 Å². The van der Waals surface area contributed by atoms with Crippen molar-refractivity contribution in [1.82, 2.24) is 10.2 Å². The predicted octanol–water partition coefficient (Wildman–Crippen LogP) is 0.763. The van der Waals surface area contributed by atoms with E-state index < -0.39 is 29.7 Å². The van der Waals surface area contributed by atoms with Crippen molar-refractivity contribution in [2.24, 2.45) is 0 Å². The van der Waals surface area contributed by atoms with Crippen LogP contribution >= 0.6 is 11.8 Å². The molecule has 1 atom stereocenters. The van der Waals surface area contributed by atoms with Crippen LogP contribution in [0.5, 0.6) is 5.75 Å². The quantitative estimate of drug-likeness (QED) is 0.484. The third-order valence-electron chi connectivity index (χ3n) is 4.44. The maximum Gasteiger partial charge on any atom is 0.262 e. The molecule has 9 nitrogen and oxygen atoms in total. The van der Waals surface area contributed by atoms with E-state index in [1.165, 1.54) is 30.8 Å². The Bertz CT molecular complexity index is 870. The molecule has 1 aromatic rings. The van der Waals surface area contributed by atoms with Crippen molar-refractivity contribution in [3.8, 4) is 5.75 Å². The van der Waals surface area contributed by atoms with Gasteiger partial charge in [0.15, 0.2) is 5.12 Å². The molecule has 2 heterocycles. The van der Waals surface area contributed by atoms with Crippen LogP contribution < -0.4 is 10.1 Å². The van der Waals surface area contributed by atoms with Crippen molar-refractivity contribution in [3.05, 3.63) is 29.3 Å². The number of nitrogens with one attached hydrogen (secondary N) is 1. The number of thioether (sulfide) groups is 1. The van der Waals surface area contributed by atoms with Crippen LogP contribution in [-0.4, -0.2) is 65.3 Å². The number of ether oxygens (including phenoxy) is 2. The largest absolute Gasteiger partial charge is 0.491 e. The van der Waals surface area contributed by atoms with Gasteiger partial charge in [-0.05, 0) is 24.6 Å². The number of rotatable bonds is 8. The fraction of sp³-hybridized carbons (Fsp3) is 0.421. The number of benzene rings is 1. The van der Waals surface area contributed by atoms with Crippen molar-refractivity contribution < 1.29 is 33.4 Å². The van der Waals surface area contributed by atoms with Gasteiger partial charge in [-0.1, -0.05) is 11.8 Å².